The normalized spacial score (nSPS) is 14.1. The van der Waals surface area contributed by atoms with E-state index in [1.54, 1.807) is 31.2 Å². The largest absolute Gasteiger partial charge is 0.478 e. The van der Waals surface area contributed by atoms with Gasteiger partial charge in [-0.1, -0.05) is 24.3 Å². The van der Waals surface area contributed by atoms with E-state index in [0.29, 0.717) is 35.4 Å². The molecule has 5 rings (SSSR count). The number of aryl methyl sites for hydroxylation is 3. The molecule has 1 aliphatic heterocycles. The lowest BCUT2D eigenvalue weighted by Crippen LogP contribution is -2.46. The lowest BCUT2D eigenvalue weighted by Gasteiger charge is -2.37. The number of sulfonamides is 1. The fourth-order valence-corrected chi connectivity index (χ4v) is 6.24. The third-order valence-electron chi connectivity index (χ3n) is 7.08. The number of para-hydroxylation sites is 1. The van der Waals surface area contributed by atoms with E-state index < -0.39 is 16.0 Å². The molecule has 0 atom stereocenters. The van der Waals surface area contributed by atoms with E-state index in [2.05, 4.69) is 26.7 Å². The third kappa shape index (κ3) is 5.02. The first-order valence-electron chi connectivity index (χ1n) is 12.5. The molecular weight excluding hydrogens is 500 g/mol. The fraction of sp³-hybridized carbons (Fsp3) is 0.241. The van der Waals surface area contributed by atoms with Gasteiger partial charge in [-0.15, -0.1) is 0 Å². The zero-order chi connectivity index (χ0) is 27.0. The van der Waals surface area contributed by atoms with Crippen LogP contribution in [0, 0.1) is 20.8 Å². The van der Waals surface area contributed by atoms with Gasteiger partial charge < -0.3 is 14.9 Å². The van der Waals surface area contributed by atoms with Crippen molar-refractivity contribution in [2.24, 2.45) is 0 Å². The van der Waals surface area contributed by atoms with Crippen LogP contribution < -0.4 is 14.5 Å². The Balaban J connectivity index is 1.43. The third-order valence-corrected chi connectivity index (χ3v) is 8.61. The smallest absolute Gasteiger partial charge is 0.336 e. The molecule has 1 fully saturated rings. The molecule has 3 aromatic carbocycles. The number of aromatic nitrogens is 1. The van der Waals surface area contributed by atoms with Gasteiger partial charge in [0.25, 0.3) is 10.0 Å². The molecule has 0 saturated carbocycles. The highest BCUT2D eigenvalue weighted by Gasteiger charge is 2.22. The number of rotatable bonds is 6. The van der Waals surface area contributed by atoms with Crippen LogP contribution in [0.2, 0.25) is 0 Å². The second kappa shape index (κ2) is 9.98. The lowest BCUT2D eigenvalue weighted by molar-refractivity contribution is 0.0699. The molecule has 1 aliphatic rings. The van der Waals surface area contributed by atoms with Gasteiger partial charge in [0, 0.05) is 42.9 Å². The van der Waals surface area contributed by atoms with Crippen LogP contribution in [0.1, 0.15) is 27.0 Å². The van der Waals surface area contributed by atoms with Gasteiger partial charge in [-0.25, -0.2) is 18.2 Å². The maximum Gasteiger partial charge on any atom is 0.336 e. The van der Waals surface area contributed by atoms with E-state index in [-0.39, 0.29) is 16.1 Å². The van der Waals surface area contributed by atoms with Crippen LogP contribution in [0.25, 0.3) is 10.9 Å². The molecule has 2 N–H and O–H groups in total. The lowest BCUT2D eigenvalue weighted by atomic mass is 10.1. The molecule has 8 nitrogen and oxygen atoms in total. The summed E-state index contributed by atoms with van der Waals surface area (Å²) in [7, 11) is -3.87. The van der Waals surface area contributed by atoms with Crippen LogP contribution in [0.3, 0.4) is 0 Å². The molecule has 0 bridgehead atoms. The van der Waals surface area contributed by atoms with E-state index in [4.69, 9.17) is 4.98 Å². The van der Waals surface area contributed by atoms with Gasteiger partial charge in [-0.3, -0.25) is 4.72 Å². The van der Waals surface area contributed by atoms with Gasteiger partial charge in [0.1, 0.15) is 5.82 Å². The maximum absolute atomic E-state index is 13.2. The molecule has 0 aliphatic carbocycles. The first-order valence-corrected chi connectivity index (χ1v) is 13.9. The predicted molar refractivity (Wildman–Crippen MR) is 151 cm³/mol. The number of carbonyl (C=O) groups is 1. The van der Waals surface area contributed by atoms with Crippen molar-refractivity contribution in [3.05, 3.63) is 89.0 Å². The Hall–Kier alpha value is -4.11. The predicted octanol–water partition coefficient (Wildman–Crippen LogP) is 4.99. The molecule has 1 saturated heterocycles. The van der Waals surface area contributed by atoms with Gasteiger partial charge in [-0.05, 0) is 79.9 Å². The van der Waals surface area contributed by atoms with Gasteiger partial charge in [0.2, 0.25) is 0 Å². The molecule has 0 unspecified atom stereocenters. The number of carboxylic acids is 1. The number of anilines is 3. The van der Waals surface area contributed by atoms with Crippen molar-refractivity contribution in [3.63, 3.8) is 0 Å². The average Bonchev–Trinajstić information content (AvgIpc) is 2.90. The minimum atomic E-state index is -3.87. The SMILES string of the molecule is Cc1cc(C)c(S(=O)(=O)Nc2ccc3nc(N4CCN(c5ccccc5)CC4)cc(C(=O)O)c3c2)cc1C. The molecule has 0 spiro atoms. The maximum atomic E-state index is 13.2. The van der Waals surface area contributed by atoms with E-state index in [9.17, 15) is 18.3 Å². The highest BCUT2D eigenvalue weighted by Crippen LogP contribution is 2.29. The highest BCUT2D eigenvalue weighted by molar-refractivity contribution is 7.92. The Kier molecular flexibility index (Phi) is 6.71. The summed E-state index contributed by atoms with van der Waals surface area (Å²) < 4.78 is 29.0. The van der Waals surface area contributed by atoms with E-state index in [0.717, 1.165) is 29.9 Å². The first kappa shape index (κ1) is 25.5. The molecule has 38 heavy (non-hydrogen) atoms. The summed E-state index contributed by atoms with van der Waals surface area (Å²) in [5.41, 5.74) is 4.56. The van der Waals surface area contributed by atoms with E-state index in [1.807, 2.05) is 38.1 Å². The molecule has 1 aromatic heterocycles. The Morgan fingerprint density at radius 3 is 2.18 bits per heavy atom. The number of hydrogen-bond acceptors (Lipinski definition) is 6. The number of pyridine rings is 1. The highest BCUT2D eigenvalue weighted by atomic mass is 32.2. The Labute approximate surface area is 222 Å². The molecule has 2 heterocycles. The number of aromatic carboxylic acids is 1. The Morgan fingerprint density at radius 1 is 0.842 bits per heavy atom. The van der Waals surface area contributed by atoms with Crippen molar-refractivity contribution in [1.82, 2.24) is 4.98 Å². The number of piperazine rings is 1. The van der Waals surface area contributed by atoms with Gasteiger partial charge in [-0.2, -0.15) is 0 Å². The molecule has 4 aromatic rings. The number of nitrogens with one attached hydrogen (secondary N) is 1. The number of benzene rings is 3. The second-order valence-electron chi connectivity index (χ2n) is 9.68. The van der Waals surface area contributed by atoms with E-state index >= 15 is 0 Å². The van der Waals surface area contributed by atoms with Crippen LogP contribution in [0.5, 0.6) is 0 Å². The van der Waals surface area contributed by atoms with Crippen molar-refractivity contribution in [1.29, 1.82) is 0 Å². The van der Waals surface area contributed by atoms with Crippen molar-refractivity contribution >= 4 is 44.1 Å². The van der Waals surface area contributed by atoms with Crippen LogP contribution in [-0.2, 0) is 10.0 Å². The summed E-state index contributed by atoms with van der Waals surface area (Å²) >= 11 is 0. The summed E-state index contributed by atoms with van der Waals surface area (Å²) in [5, 5.41) is 10.4. The average molecular weight is 531 g/mol. The van der Waals surface area contributed by atoms with Crippen LogP contribution in [0.4, 0.5) is 17.2 Å². The van der Waals surface area contributed by atoms with Crippen LogP contribution in [0.15, 0.2) is 71.6 Å². The first-order chi connectivity index (χ1) is 18.1. The Morgan fingerprint density at radius 2 is 1.50 bits per heavy atom. The summed E-state index contributed by atoms with van der Waals surface area (Å²) in [5.74, 6) is -0.492. The topological polar surface area (TPSA) is 103 Å². The van der Waals surface area contributed by atoms with Gasteiger partial charge >= 0.3 is 5.97 Å². The van der Waals surface area contributed by atoms with Gasteiger partial charge in [0.15, 0.2) is 0 Å². The second-order valence-corrected chi connectivity index (χ2v) is 11.3. The summed E-state index contributed by atoms with van der Waals surface area (Å²) in [6, 6.07) is 20.1. The van der Waals surface area contributed by atoms with Crippen molar-refractivity contribution in [2.75, 3.05) is 40.7 Å². The number of hydrogen-bond donors (Lipinski definition) is 2. The molecule has 0 amide bonds. The van der Waals surface area contributed by atoms with Gasteiger partial charge in [0.05, 0.1) is 16.0 Å². The van der Waals surface area contributed by atoms with Crippen molar-refractivity contribution in [2.45, 2.75) is 25.7 Å². The summed E-state index contributed by atoms with van der Waals surface area (Å²) in [6.07, 6.45) is 0. The zero-order valence-corrected chi connectivity index (χ0v) is 22.4. The summed E-state index contributed by atoms with van der Waals surface area (Å²) in [6.45, 7) is 8.57. The molecule has 196 valence electrons. The fourth-order valence-electron chi connectivity index (χ4n) is 4.88. The molecular formula is C29H30N4O4S. The monoisotopic (exact) mass is 530 g/mol. The van der Waals surface area contributed by atoms with E-state index in [1.165, 1.54) is 6.07 Å². The number of fused-ring (bicyclic) bond motifs is 1. The number of carboxylic acid groups (broad SMARTS) is 1. The van der Waals surface area contributed by atoms with Crippen molar-refractivity contribution < 1.29 is 18.3 Å². The minimum Gasteiger partial charge on any atom is -0.478 e. The van der Waals surface area contributed by atoms with Crippen molar-refractivity contribution in [3.8, 4) is 0 Å². The molecule has 0 radical (unpaired) electrons. The molecule has 9 heteroatoms. The van der Waals surface area contributed by atoms with Crippen LogP contribution in [-0.4, -0.2) is 50.7 Å². The zero-order valence-electron chi connectivity index (χ0n) is 21.6. The Bertz CT molecular complexity index is 1630. The quantitative estimate of drug-likeness (QED) is 0.362. The van der Waals surface area contributed by atoms with Crippen LogP contribution >= 0.6 is 0 Å². The standard InChI is InChI=1S/C29H30N4O4S/c1-19-15-21(3)27(16-20(19)2)38(36,37)31-22-9-10-26-24(17-22)25(29(34)35)18-28(30-26)33-13-11-32(12-14-33)23-7-5-4-6-8-23/h4-10,15-18,31H,11-14H2,1-3H3,(H,34,35). The number of nitrogens with zero attached hydrogens (tertiary/aromatic N) is 3. The minimum absolute atomic E-state index is 0.0823. The summed E-state index contributed by atoms with van der Waals surface area (Å²) in [4.78, 5) is 21.5.